The van der Waals surface area contributed by atoms with Crippen molar-refractivity contribution in [3.05, 3.63) is 40.9 Å². The molecule has 1 aliphatic rings. The molecule has 5 heteroatoms. The van der Waals surface area contributed by atoms with Crippen molar-refractivity contribution in [2.24, 2.45) is 0 Å². The minimum Gasteiger partial charge on any atom is -0.449 e. The van der Waals surface area contributed by atoms with Gasteiger partial charge < -0.3 is 10.1 Å². The average Bonchev–Trinajstić information content (AvgIpc) is 3.21. The normalized spacial score (nSPS) is 15.9. The Balaban J connectivity index is 1.85. The molecule has 1 saturated carbocycles. The number of nitrogens with one attached hydrogen (secondary N) is 1. The van der Waals surface area contributed by atoms with E-state index in [9.17, 15) is 9.59 Å². The molecular weight excluding hydrogens is 278 g/mol. The van der Waals surface area contributed by atoms with Crippen LogP contribution in [0.1, 0.15) is 25.3 Å². The first kappa shape index (κ1) is 14.6. The molecule has 0 unspecified atom stereocenters. The van der Waals surface area contributed by atoms with Gasteiger partial charge in [0.1, 0.15) is 0 Å². The predicted octanol–water partition coefficient (Wildman–Crippen LogP) is 2.56. The number of hydrogen-bond donors (Lipinski definition) is 1. The SMILES string of the molecule is C[C@H](OC(=O)/C=C/c1ccccc1Cl)C(=O)NC1CC1. The number of halogens is 1. The molecular formula is C15H16ClNO3. The van der Waals surface area contributed by atoms with E-state index in [1.54, 1.807) is 25.1 Å². The minimum absolute atomic E-state index is 0.252. The van der Waals surface area contributed by atoms with E-state index in [1.807, 2.05) is 12.1 Å². The summed E-state index contributed by atoms with van der Waals surface area (Å²) in [6.45, 7) is 1.55. The molecule has 1 aliphatic carbocycles. The lowest BCUT2D eigenvalue weighted by Gasteiger charge is -2.11. The Morgan fingerprint density at radius 1 is 1.40 bits per heavy atom. The molecule has 1 atom stereocenters. The number of benzene rings is 1. The number of amides is 1. The fourth-order valence-electron chi connectivity index (χ4n) is 1.58. The van der Waals surface area contributed by atoms with Crippen LogP contribution in [0.15, 0.2) is 30.3 Å². The predicted molar refractivity (Wildman–Crippen MR) is 77.2 cm³/mol. The van der Waals surface area contributed by atoms with Gasteiger partial charge in [0, 0.05) is 17.1 Å². The van der Waals surface area contributed by atoms with Crippen LogP contribution in [0.3, 0.4) is 0 Å². The molecule has 1 fully saturated rings. The van der Waals surface area contributed by atoms with Crippen LogP contribution in [-0.4, -0.2) is 24.0 Å². The summed E-state index contributed by atoms with van der Waals surface area (Å²) in [4.78, 5) is 23.2. The molecule has 0 radical (unpaired) electrons. The Hall–Kier alpha value is -1.81. The van der Waals surface area contributed by atoms with Crippen molar-refractivity contribution in [1.29, 1.82) is 0 Å². The van der Waals surface area contributed by atoms with Gasteiger partial charge in [0.15, 0.2) is 6.10 Å². The largest absolute Gasteiger partial charge is 0.449 e. The van der Waals surface area contributed by atoms with Crippen LogP contribution < -0.4 is 5.32 Å². The summed E-state index contributed by atoms with van der Waals surface area (Å²) in [5.41, 5.74) is 0.723. The number of rotatable bonds is 5. The summed E-state index contributed by atoms with van der Waals surface area (Å²) in [6, 6.07) is 7.40. The first-order valence-corrected chi connectivity index (χ1v) is 6.87. The van der Waals surface area contributed by atoms with Crippen LogP contribution in [0.4, 0.5) is 0 Å². The molecule has 0 heterocycles. The molecule has 1 aromatic rings. The lowest BCUT2D eigenvalue weighted by atomic mass is 10.2. The van der Waals surface area contributed by atoms with Crippen LogP contribution in [-0.2, 0) is 14.3 Å². The van der Waals surface area contributed by atoms with Crippen molar-refractivity contribution >= 4 is 29.6 Å². The van der Waals surface area contributed by atoms with Gasteiger partial charge in [0.2, 0.25) is 0 Å². The van der Waals surface area contributed by atoms with Crippen molar-refractivity contribution in [2.75, 3.05) is 0 Å². The zero-order chi connectivity index (χ0) is 14.5. The van der Waals surface area contributed by atoms with Gasteiger partial charge in [-0.2, -0.15) is 0 Å². The summed E-state index contributed by atoms with van der Waals surface area (Å²) in [5.74, 6) is -0.824. The molecule has 106 valence electrons. The molecule has 20 heavy (non-hydrogen) atoms. The van der Waals surface area contributed by atoms with Gasteiger partial charge in [-0.3, -0.25) is 4.79 Å². The van der Waals surface area contributed by atoms with Crippen molar-refractivity contribution in [2.45, 2.75) is 31.9 Å². The molecule has 4 nitrogen and oxygen atoms in total. The van der Waals surface area contributed by atoms with Gasteiger partial charge in [-0.05, 0) is 37.5 Å². The van der Waals surface area contributed by atoms with E-state index in [0.29, 0.717) is 5.02 Å². The topological polar surface area (TPSA) is 55.4 Å². The summed E-state index contributed by atoms with van der Waals surface area (Å²) in [5, 5.41) is 3.33. The van der Waals surface area contributed by atoms with Crippen LogP contribution in [0, 0.1) is 0 Å². The van der Waals surface area contributed by atoms with Crippen molar-refractivity contribution < 1.29 is 14.3 Å². The Kier molecular flexibility index (Phi) is 4.79. The molecule has 2 rings (SSSR count). The van der Waals surface area contributed by atoms with E-state index in [0.717, 1.165) is 18.4 Å². The maximum atomic E-state index is 11.6. The van der Waals surface area contributed by atoms with E-state index >= 15 is 0 Å². The molecule has 0 saturated heterocycles. The van der Waals surface area contributed by atoms with E-state index < -0.39 is 12.1 Å². The Bertz CT molecular complexity index is 538. The highest BCUT2D eigenvalue weighted by Gasteiger charge is 2.26. The number of esters is 1. The van der Waals surface area contributed by atoms with Crippen LogP contribution in [0.2, 0.25) is 5.02 Å². The van der Waals surface area contributed by atoms with Gasteiger partial charge in [-0.15, -0.1) is 0 Å². The zero-order valence-corrected chi connectivity index (χ0v) is 11.9. The average molecular weight is 294 g/mol. The zero-order valence-electron chi connectivity index (χ0n) is 11.1. The second-order valence-electron chi connectivity index (χ2n) is 4.72. The second-order valence-corrected chi connectivity index (χ2v) is 5.12. The maximum Gasteiger partial charge on any atom is 0.331 e. The van der Waals surface area contributed by atoms with Crippen LogP contribution in [0.5, 0.6) is 0 Å². The third kappa shape index (κ3) is 4.38. The fraction of sp³-hybridized carbons (Fsp3) is 0.333. The number of hydrogen-bond acceptors (Lipinski definition) is 3. The van der Waals surface area contributed by atoms with Gasteiger partial charge in [0.25, 0.3) is 5.91 Å². The monoisotopic (exact) mass is 293 g/mol. The number of carbonyl (C=O) groups excluding carboxylic acids is 2. The van der Waals surface area contributed by atoms with E-state index in [2.05, 4.69) is 5.32 Å². The summed E-state index contributed by atoms with van der Waals surface area (Å²) < 4.78 is 5.02. The van der Waals surface area contributed by atoms with Gasteiger partial charge >= 0.3 is 5.97 Å². The highest BCUT2D eigenvalue weighted by molar-refractivity contribution is 6.32. The second kappa shape index (κ2) is 6.57. The highest BCUT2D eigenvalue weighted by atomic mass is 35.5. The first-order chi connectivity index (χ1) is 9.56. The third-order valence-electron chi connectivity index (χ3n) is 2.89. The highest BCUT2D eigenvalue weighted by Crippen LogP contribution is 2.19. The van der Waals surface area contributed by atoms with Crippen molar-refractivity contribution in [3.63, 3.8) is 0 Å². The molecule has 1 N–H and O–H groups in total. The standard InChI is InChI=1S/C15H16ClNO3/c1-10(15(19)17-12-7-8-12)20-14(18)9-6-11-4-2-3-5-13(11)16/h2-6,9-10,12H,7-8H2,1H3,(H,17,19)/b9-6+/t10-/m0/s1. The first-order valence-electron chi connectivity index (χ1n) is 6.50. The van der Waals surface area contributed by atoms with Crippen molar-refractivity contribution in [3.8, 4) is 0 Å². The van der Waals surface area contributed by atoms with Crippen LogP contribution >= 0.6 is 11.6 Å². The Morgan fingerprint density at radius 2 is 2.10 bits per heavy atom. The summed E-state index contributed by atoms with van der Waals surface area (Å²) in [7, 11) is 0. The van der Waals surface area contributed by atoms with Crippen LogP contribution in [0.25, 0.3) is 6.08 Å². The Labute approximate surface area is 122 Å². The van der Waals surface area contributed by atoms with Crippen molar-refractivity contribution in [1.82, 2.24) is 5.32 Å². The van der Waals surface area contributed by atoms with Gasteiger partial charge in [0.05, 0.1) is 0 Å². The lowest BCUT2D eigenvalue weighted by Crippen LogP contribution is -2.36. The van der Waals surface area contributed by atoms with E-state index in [1.165, 1.54) is 6.08 Å². The number of carbonyl (C=O) groups is 2. The lowest BCUT2D eigenvalue weighted by molar-refractivity contribution is -0.150. The molecule has 0 aromatic heterocycles. The molecule has 0 spiro atoms. The van der Waals surface area contributed by atoms with Gasteiger partial charge in [-0.25, -0.2) is 4.79 Å². The van der Waals surface area contributed by atoms with E-state index in [4.69, 9.17) is 16.3 Å². The fourth-order valence-corrected chi connectivity index (χ4v) is 1.78. The Morgan fingerprint density at radius 3 is 2.75 bits per heavy atom. The summed E-state index contributed by atoms with van der Waals surface area (Å²) >= 11 is 5.96. The molecule has 0 aliphatic heterocycles. The maximum absolute atomic E-state index is 11.6. The van der Waals surface area contributed by atoms with Gasteiger partial charge in [-0.1, -0.05) is 29.8 Å². The van der Waals surface area contributed by atoms with E-state index in [-0.39, 0.29) is 11.9 Å². The molecule has 1 aromatic carbocycles. The smallest absolute Gasteiger partial charge is 0.331 e. The quantitative estimate of drug-likeness (QED) is 0.670. The molecule has 0 bridgehead atoms. The third-order valence-corrected chi connectivity index (χ3v) is 3.23. The number of ether oxygens (including phenoxy) is 1. The molecule has 1 amide bonds. The summed E-state index contributed by atoms with van der Waals surface area (Å²) in [6.07, 6.45) is 4.04. The minimum atomic E-state index is -0.793.